The molecule has 0 aliphatic rings. The Bertz CT molecular complexity index is 404. The number of para-hydroxylation sites is 1. The van der Waals surface area contributed by atoms with Gasteiger partial charge in [0.05, 0.1) is 11.4 Å². The Morgan fingerprint density at radius 3 is 2.89 bits per heavy atom. The number of allylic oxidation sites excluding steroid dienone is 1. The van der Waals surface area contributed by atoms with Gasteiger partial charge in [-0.05, 0) is 18.1 Å². The van der Waals surface area contributed by atoms with Crippen LogP contribution in [0.1, 0.15) is 12.0 Å². The molecular formula is C14H17BrO3. The summed E-state index contributed by atoms with van der Waals surface area (Å²) in [7, 11) is 0. The van der Waals surface area contributed by atoms with E-state index in [1.165, 1.54) is 0 Å². The van der Waals surface area contributed by atoms with Crippen LogP contribution < -0.4 is 4.74 Å². The van der Waals surface area contributed by atoms with Crippen molar-refractivity contribution < 1.29 is 14.6 Å². The molecule has 0 fully saturated rings. The predicted molar refractivity (Wildman–Crippen MR) is 75.3 cm³/mol. The van der Waals surface area contributed by atoms with Crippen LogP contribution in [0.3, 0.4) is 0 Å². The third-order valence-corrected chi connectivity index (χ3v) is 3.01. The number of alkyl halides is 1. The molecule has 1 aromatic carbocycles. The number of rotatable bonds is 8. The van der Waals surface area contributed by atoms with Gasteiger partial charge in [-0.25, -0.2) is 0 Å². The topological polar surface area (TPSA) is 46.5 Å². The molecule has 0 spiro atoms. The van der Waals surface area contributed by atoms with E-state index < -0.39 is 6.10 Å². The third-order valence-electron chi connectivity index (χ3n) is 2.38. The molecule has 98 valence electrons. The van der Waals surface area contributed by atoms with Crippen LogP contribution in [-0.2, 0) is 11.2 Å². The highest BCUT2D eigenvalue weighted by molar-refractivity contribution is 9.09. The van der Waals surface area contributed by atoms with E-state index >= 15 is 0 Å². The number of aliphatic hydroxyl groups excluding tert-OH is 1. The van der Waals surface area contributed by atoms with Crippen LogP contribution in [0, 0.1) is 0 Å². The first kappa shape index (κ1) is 14.9. The molecule has 0 heterocycles. The molecule has 0 unspecified atom stereocenters. The fraction of sp³-hybridized carbons (Fsp3) is 0.357. The molecule has 0 amide bonds. The fourth-order valence-electron chi connectivity index (χ4n) is 1.53. The molecular weight excluding hydrogens is 296 g/mol. The van der Waals surface area contributed by atoms with Crippen molar-refractivity contribution >= 4 is 21.7 Å². The first-order valence-corrected chi connectivity index (χ1v) is 6.86. The summed E-state index contributed by atoms with van der Waals surface area (Å²) in [6, 6.07) is 7.60. The van der Waals surface area contributed by atoms with Crippen LogP contribution in [-0.4, -0.2) is 28.9 Å². The summed E-state index contributed by atoms with van der Waals surface area (Å²) in [5.74, 6) is 0.688. The molecule has 1 rings (SSSR count). The molecule has 0 radical (unpaired) electrons. The number of aliphatic hydroxyl groups is 1. The summed E-state index contributed by atoms with van der Waals surface area (Å²) in [6.07, 6.45) is 1.85. The van der Waals surface area contributed by atoms with Crippen LogP contribution in [0.15, 0.2) is 36.9 Å². The maximum absolute atomic E-state index is 11.1. The predicted octanol–water partition coefficient (Wildman–Crippen LogP) is 2.51. The lowest BCUT2D eigenvalue weighted by molar-refractivity contribution is -0.118. The molecule has 1 N–H and O–H groups in total. The molecule has 0 aliphatic carbocycles. The highest BCUT2D eigenvalue weighted by Crippen LogP contribution is 2.19. The van der Waals surface area contributed by atoms with Gasteiger partial charge in [0.25, 0.3) is 0 Å². The van der Waals surface area contributed by atoms with Crippen molar-refractivity contribution in [1.29, 1.82) is 0 Å². The fourth-order valence-corrected chi connectivity index (χ4v) is 1.76. The Hall–Kier alpha value is -1.13. The zero-order valence-electron chi connectivity index (χ0n) is 10.1. The quantitative estimate of drug-likeness (QED) is 0.592. The number of hydrogen-bond donors (Lipinski definition) is 1. The summed E-state index contributed by atoms with van der Waals surface area (Å²) in [6.45, 7) is 3.81. The van der Waals surface area contributed by atoms with Gasteiger partial charge in [-0.2, -0.15) is 0 Å². The van der Waals surface area contributed by atoms with E-state index in [0.717, 1.165) is 11.3 Å². The van der Waals surface area contributed by atoms with Crippen LogP contribution in [0.5, 0.6) is 5.75 Å². The Morgan fingerprint density at radius 2 is 2.22 bits per heavy atom. The van der Waals surface area contributed by atoms with Gasteiger partial charge in [-0.3, -0.25) is 4.79 Å². The molecule has 18 heavy (non-hydrogen) atoms. The summed E-state index contributed by atoms with van der Waals surface area (Å²) >= 11 is 3.06. The maximum atomic E-state index is 11.1. The minimum Gasteiger partial charge on any atom is -0.491 e. The summed E-state index contributed by atoms with van der Waals surface area (Å²) in [5.41, 5.74) is 1.02. The number of ether oxygens (including phenoxy) is 1. The summed E-state index contributed by atoms with van der Waals surface area (Å²) < 4.78 is 5.53. The molecule has 1 atom stereocenters. The first-order valence-electron chi connectivity index (χ1n) is 5.74. The Balaban J connectivity index is 2.52. The van der Waals surface area contributed by atoms with E-state index in [1.807, 2.05) is 24.3 Å². The van der Waals surface area contributed by atoms with Crippen LogP contribution >= 0.6 is 15.9 Å². The lowest BCUT2D eigenvalue weighted by atomic mass is 10.1. The lowest BCUT2D eigenvalue weighted by Gasteiger charge is -2.13. The second-order valence-electron chi connectivity index (χ2n) is 3.94. The van der Waals surface area contributed by atoms with Crippen molar-refractivity contribution in [2.75, 3.05) is 11.9 Å². The van der Waals surface area contributed by atoms with Gasteiger partial charge in [0.15, 0.2) is 0 Å². The van der Waals surface area contributed by atoms with Crippen molar-refractivity contribution in [3.63, 3.8) is 0 Å². The lowest BCUT2D eigenvalue weighted by Crippen LogP contribution is -2.22. The molecule has 0 saturated heterocycles. The van der Waals surface area contributed by atoms with Crippen LogP contribution in [0.4, 0.5) is 0 Å². The van der Waals surface area contributed by atoms with Crippen molar-refractivity contribution in [1.82, 2.24) is 0 Å². The van der Waals surface area contributed by atoms with Gasteiger partial charge in [-0.15, -0.1) is 6.58 Å². The molecule has 0 aliphatic heterocycles. The van der Waals surface area contributed by atoms with Crippen LogP contribution in [0.2, 0.25) is 0 Å². The average molecular weight is 313 g/mol. The molecule has 4 heteroatoms. The molecule has 0 bridgehead atoms. The SMILES string of the molecule is C=CCc1ccccc1OC[C@@H](O)CC(=O)CBr. The highest BCUT2D eigenvalue weighted by atomic mass is 79.9. The Labute approximate surface area is 116 Å². The van der Waals surface area contributed by atoms with E-state index in [-0.39, 0.29) is 24.1 Å². The number of carbonyl (C=O) groups excluding carboxylic acids is 1. The summed E-state index contributed by atoms with van der Waals surface area (Å²) in [5, 5.41) is 9.91. The first-order chi connectivity index (χ1) is 8.67. The van der Waals surface area contributed by atoms with Gasteiger partial charge < -0.3 is 9.84 Å². The van der Waals surface area contributed by atoms with E-state index in [4.69, 9.17) is 4.74 Å². The van der Waals surface area contributed by atoms with E-state index in [0.29, 0.717) is 6.42 Å². The maximum Gasteiger partial charge on any atom is 0.146 e. The van der Waals surface area contributed by atoms with Gasteiger partial charge in [0, 0.05) is 6.42 Å². The standard InChI is InChI=1S/C14H17BrO3/c1-2-5-11-6-3-4-7-14(11)18-10-13(17)8-12(16)9-15/h2-4,6-7,13,17H,1,5,8-10H2/t13-/m0/s1. The normalized spacial score (nSPS) is 11.9. The minimum absolute atomic E-state index is 0.0366. The molecule has 0 saturated carbocycles. The van der Waals surface area contributed by atoms with Crippen molar-refractivity contribution in [2.45, 2.75) is 18.9 Å². The minimum atomic E-state index is -0.771. The average Bonchev–Trinajstić information content (AvgIpc) is 2.38. The second kappa shape index (κ2) is 8.06. The Morgan fingerprint density at radius 1 is 1.50 bits per heavy atom. The van der Waals surface area contributed by atoms with E-state index in [1.54, 1.807) is 6.08 Å². The molecule has 1 aromatic rings. The Kier molecular flexibility index (Phi) is 6.68. The van der Waals surface area contributed by atoms with Gasteiger partial charge in [0.1, 0.15) is 18.1 Å². The monoisotopic (exact) mass is 312 g/mol. The zero-order chi connectivity index (χ0) is 13.4. The molecule has 3 nitrogen and oxygen atoms in total. The number of hydrogen-bond acceptors (Lipinski definition) is 3. The molecule has 0 aromatic heterocycles. The van der Waals surface area contributed by atoms with E-state index in [9.17, 15) is 9.90 Å². The zero-order valence-corrected chi connectivity index (χ0v) is 11.7. The number of carbonyl (C=O) groups is 1. The highest BCUT2D eigenvalue weighted by Gasteiger charge is 2.11. The van der Waals surface area contributed by atoms with Gasteiger partial charge >= 0.3 is 0 Å². The van der Waals surface area contributed by atoms with Crippen molar-refractivity contribution in [3.8, 4) is 5.75 Å². The van der Waals surface area contributed by atoms with Crippen LogP contribution in [0.25, 0.3) is 0 Å². The largest absolute Gasteiger partial charge is 0.491 e. The number of benzene rings is 1. The summed E-state index contributed by atoms with van der Waals surface area (Å²) in [4.78, 5) is 11.1. The van der Waals surface area contributed by atoms with Crippen molar-refractivity contribution in [3.05, 3.63) is 42.5 Å². The van der Waals surface area contributed by atoms with Gasteiger partial charge in [0.2, 0.25) is 0 Å². The van der Waals surface area contributed by atoms with Crippen molar-refractivity contribution in [2.24, 2.45) is 0 Å². The number of halogens is 1. The van der Waals surface area contributed by atoms with Gasteiger partial charge in [-0.1, -0.05) is 40.2 Å². The number of ketones is 1. The second-order valence-corrected chi connectivity index (χ2v) is 4.50. The number of Topliss-reactive ketones (excluding diaryl/α,β-unsaturated/α-hetero) is 1. The smallest absolute Gasteiger partial charge is 0.146 e. The third kappa shape index (κ3) is 5.02. The van der Waals surface area contributed by atoms with E-state index in [2.05, 4.69) is 22.5 Å².